The van der Waals surface area contributed by atoms with E-state index in [1.165, 1.54) is 12.1 Å². The zero-order valence-corrected chi connectivity index (χ0v) is 20.5. The molecule has 0 bridgehead atoms. The fourth-order valence-corrected chi connectivity index (χ4v) is 5.39. The summed E-state index contributed by atoms with van der Waals surface area (Å²) in [6, 6.07) is 10.1. The number of Topliss-reactive ketones (excluding diaryl/α,β-unsaturated/α-hetero) is 1. The maximum atomic E-state index is 13.4. The Morgan fingerprint density at radius 3 is 2.40 bits per heavy atom. The number of amides is 2. The summed E-state index contributed by atoms with van der Waals surface area (Å²) in [4.78, 5) is 42.4. The molecule has 0 radical (unpaired) electrons. The first-order valence-corrected chi connectivity index (χ1v) is 12.6. The van der Waals surface area contributed by atoms with E-state index in [1.54, 1.807) is 12.1 Å². The van der Waals surface area contributed by atoms with Crippen molar-refractivity contribution in [1.82, 2.24) is 10.2 Å². The maximum Gasteiger partial charge on any atom is 0.288 e. The van der Waals surface area contributed by atoms with Crippen molar-refractivity contribution in [3.8, 4) is 0 Å². The van der Waals surface area contributed by atoms with Gasteiger partial charge in [0.05, 0.1) is 16.5 Å². The number of rotatable bonds is 6. The molecule has 1 saturated carbocycles. The summed E-state index contributed by atoms with van der Waals surface area (Å²) in [5.74, 6) is -1.59. The van der Waals surface area contributed by atoms with Crippen LogP contribution in [0.4, 0.5) is 10.1 Å². The second kappa shape index (κ2) is 9.61. The van der Waals surface area contributed by atoms with Gasteiger partial charge in [0.25, 0.3) is 11.8 Å². The first kappa shape index (κ1) is 23.8. The number of carbonyl (C=O) groups is 3. The molecule has 6 nitrogen and oxygen atoms in total. The minimum Gasteiger partial charge on any atom is -0.373 e. The SMILES string of the molecule is CN1CC(C(=O)C(=O)NC2CC2)c2cc(C(=O)N3CCC(Cc4ccc(F)cc4)CC3)c(Cl)cc21. The largest absolute Gasteiger partial charge is 0.373 e. The Morgan fingerprint density at radius 2 is 1.74 bits per heavy atom. The summed E-state index contributed by atoms with van der Waals surface area (Å²) in [6.07, 6.45) is 4.40. The van der Waals surface area contributed by atoms with Crippen LogP contribution in [0.5, 0.6) is 0 Å². The van der Waals surface area contributed by atoms with Crippen molar-refractivity contribution in [1.29, 1.82) is 0 Å². The lowest BCUT2D eigenvalue weighted by molar-refractivity contribution is -0.138. The lowest BCUT2D eigenvalue weighted by atomic mass is 9.89. The fourth-order valence-electron chi connectivity index (χ4n) is 5.15. The zero-order chi connectivity index (χ0) is 24.7. The molecule has 1 atom stereocenters. The van der Waals surface area contributed by atoms with E-state index in [9.17, 15) is 18.8 Å². The molecule has 2 fully saturated rings. The molecule has 3 aliphatic rings. The second-order valence-corrected chi connectivity index (χ2v) is 10.4. The van der Waals surface area contributed by atoms with Crippen LogP contribution in [-0.4, -0.2) is 55.2 Å². The first-order valence-electron chi connectivity index (χ1n) is 12.2. The van der Waals surface area contributed by atoms with Crippen molar-refractivity contribution in [3.63, 3.8) is 0 Å². The monoisotopic (exact) mass is 497 g/mol. The normalized spacial score (nSPS) is 20.0. The minimum atomic E-state index is -0.612. The van der Waals surface area contributed by atoms with Crippen LogP contribution in [0.2, 0.25) is 5.02 Å². The number of nitrogens with zero attached hydrogens (tertiary/aromatic N) is 2. The third-order valence-corrected chi connectivity index (χ3v) is 7.69. The summed E-state index contributed by atoms with van der Waals surface area (Å²) in [5, 5.41) is 3.13. The van der Waals surface area contributed by atoms with Crippen LogP contribution < -0.4 is 10.2 Å². The van der Waals surface area contributed by atoms with Crippen molar-refractivity contribution in [2.75, 3.05) is 31.6 Å². The van der Waals surface area contributed by atoms with Gasteiger partial charge in [0.1, 0.15) is 5.82 Å². The molecule has 1 aliphatic carbocycles. The number of piperidine rings is 1. The number of hydrogen-bond acceptors (Lipinski definition) is 4. The highest BCUT2D eigenvalue weighted by Gasteiger charge is 2.38. The third kappa shape index (κ3) is 5.06. The van der Waals surface area contributed by atoms with Crippen LogP contribution >= 0.6 is 11.6 Å². The van der Waals surface area contributed by atoms with Crippen molar-refractivity contribution < 1.29 is 18.8 Å². The highest BCUT2D eigenvalue weighted by Crippen LogP contribution is 2.40. The Kier molecular flexibility index (Phi) is 6.53. The molecule has 1 unspecified atom stereocenters. The van der Waals surface area contributed by atoms with Crippen LogP contribution in [-0.2, 0) is 16.0 Å². The van der Waals surface area contributed by atoms with E-state index in [4.69, 9.17) is 11.6 Å². The highest BCUT2D eigenvalue weighted by molar-refractivity contribution is 6.39. The Morgan fingerprint density at radius 1 is 1.06 bits per heavy atom. The van der Waals surface area contributed by atoms with Crippen molar-refractivity contribution >= 4 is 34.9 Å². The van der Waals surface area contributed by atoms with E-state index >= 15 is 0 Å². The van der Waals surface area contributed by atoms with Crippen molar-refractivity contribution in [2.45, 2.75) is 44.1 Å². The molecular formula is C27H29ClFN3O3. The number of anilines is 1. The third-order valence-electron chi connectivity index (χ3n) is 7.38. The molecular weight excluding hydrogens is 469 g/mol. The molecule has 0 spiro atoms. The Balaban J connectivity index is 1.27. The van der Waals surface area contributed by atoms with Gasteiger partial charge in [-0.15, -0.1) is 0 Å². The van der Waals surface area contributed by atoms with Gasteiger partial charge in [-0.05, 0) is 73.4 Å². The van der Waals surface area contributed by atoms with Crippen LogP contribution in [0.1, 0.15) is 53.1 Å². The molecule has 2 aromatic carbocycles. The molecule has 0 aromatic heterocycles. The lowest BCUT2D eigenvalue weighted by Crippen LogP contribution is -2.39. The van der Waals surface area contributed by atoms with E-state index in [0.29, 0.717) is 41.7 Å². The number of likely N-dealkylation sites (tertiary alicyclic amines) is 1. The molecule has 5 rings (SSSR count). The average molecular weight is 498 g/mol. The number of likely N-dealkylation sites (N-methyl/N-ethyl adjacent to an activating group) is 1. The predicted molar refractivity (Wildman–Crippen MR) is 132 cm³/mol. The number of ketones is 1. The molecule has 184 valence electrons. The smallest absolute Gasteiger partial charge is 0.288 e. The van der Waals surface area contributed by atoms with Gasteiger partial charge in [0, 0.05) is 38.4 Å². The van der Waals surface area contributed by atoms with Crippen molar-refractivity contribution in [2.24, 2.45) is 5.92 Å². The molecule has 35 heavy (non-hydrogen) atoms. The van der Waals surface area contributed by atoms with Gasteiger partial charge >= 0.3 is 0 Å². The van der Waals surface area contributed by atoms with Gasteiger partial charge in [0.15, 0.2) is 0 Å². The zero-order valence-electron chi connectivity index (χ0n) is 19.7. The van der Waals surface area contributed by atoms with Crippen LogP contribution in [0.25, 0.3) is 0 Å². The molecule has 2 amide bonds. The standard InChI is InChI=1S/C27H29ClFN3O3/c1-31-15-22(25(33)26(34)30-19-6-7-19)20-13-21(23(28)14-24(20)31)27(35)32-10-8-17(9-11-32)12-16-2-4-18(29)5-3-16/h2-5,13-14,17,19,22H,6-12,15H2,1H3,(H,30,34). The average Bonchev–Trinajstić information content (AvgIpc) is 3.61. The Hall–Kier alpha value is -2.93. The Labute approximate surface area is 209 Å². The fraction of sp³-hybridized carbons (Fsp3) is 0.444. The maximum absolute atomic E-state index is 13.4. The molecule has 8 heteroatoms. The predicted octanol–water partition coefficient (Wildman–Crippen LogP) is 3.96. The summed E-state index contributed by atoms with van der Waals surface area (Å²) < 4.78 is 13.2. The van der Waals surface area contributed by atoms with Gasteiger partial charge < -0.3 is 15.1 Å². The molecule has 1 saturated heterocycles. The summed E-state index contributed by atoms with van der Waals surface area (Å²) in [5.41, 5.74) is 2.94. The number of nitrogens with one attached hydrogen (secondary N) is 1. The minimum absolute atomic E-state index is 0.110. The quantitative estimate of drug-likeness (QED) is 0.613. The van der Waals surface area contributed by atoms with Crippen LogP contribution in [0, 0.1) is 11.7 Å². The molecule has 2 heterocycles. The topological polar surface area (TPSA) is 69.7 Å². The number of carbonyl (C=O) groups excluding carboxylic acids is 3. The van der Waals surface area contributed by atoms with E-state index in [0.717, 1.165) is 43.4 Å². The van der Waals surface area contributed by atoms with E-state index in [-0.39, 0.29) is 17.8 Å². The van der Waals surface area contributed by atoms with Crippen LogP contribution in [0.15, 0.2) is 36.4 Å². The van der Waals surface area contributed by atoms with E-state index in [2.05, 4.69) is 5.32 Å². The molecule has 2 aliphatic heterocycles. The van der Waals surface area contributed by atoms with Gasteiger partial charge in [-0.25, -0.2) is 4.39 Å². The highest BCUT2D eigenvalue weighted by atomic mass is 35.5. The number of benzene rings is 2. The second-order valence-electron chi connectivity index (χ2n) is 10.0. The number of halogens is 2. The van der Waals surface area contributed by atoms with Gasteiger partial charge in [-0.2, -0.15) is 0 Å². The van der Waals surface area contributed by atoms with E-state index in [1.807, 2.05) is 29.0 Å². The van der Waals surface area contributed by atoms with Gasteiger partial charge in [-0.1, -0.05) is 23.7 Å². The first-order chi connectivity index (χ1) is 16.8. The number of fused-ring (bicyclic) bond motifs is 1. The van der Waals surface area contributed by atoms with Gasteiger partial charge in [0.2, 0.25) is 5.78 Å². The molecule has 2 aromatic rings. The summed E-state index contributed by atoms with van der Waals surface area (Å²) >= 11 is 6.53. The summed E-state index contributed by atoms with van der Waals surface area (Å²) in [6.45, 7) is 1.61. The van der Waals surface area contributed by atoms with Crippen molar-refractivity contribution in [3.05, 3.63) is 63.9 Å². The van der Waals surface area contributed by atoms with Crippen LogP contribution in [0.3, 0.4) is 0 Å². The van der Waals surface area contributed by atoms with Gasteiger partial charge in [-0.3, -0.25) is 14.4 Å². The Bertz CT molecular complexity index is 1160. The number of hydrogen-bond donors (Lipinski definition) is 1. The molecule has 1 N–H and O–H groups in total. The summed E-state index contributed by atoms with van der Waals surface area (Å²) in [7, 11) is 1.86. The lowest BCUT2D eigenvalue weighted by Gasteiger charge is -2.32. The van der Waals surface area contributed by atoms with E-state index < -0.39 is 17.6 Å².